The smallest absolute Gasteiger partial charge is 0.233 e. The third-order valence-electron chi connectivity index (χ3n) is 2.43. The van der Waals surface area contributed by atoms with Crippen molar-refractivity contribution in [2.75, 3.05) is 25.6 Å². The Bertz CT molecular complexity index is 604. The predicted octanol–water partition coefficient (Wildman–Crippen LogP) is 2.41. The van der Waals surface area contributed by atoms with E-state index in [9.17, 15) is 4.39 Å². The second-order valence-corrected chi connectivity index (χ2v) is 3.71. The van der Waals surface area contributed by atoms with Crippen LogP contribution in [-0.4, -0.2) is 25.2 Å². The molecule has 0 atom stereocenters. The fourth-order valence-corrected chi connectivity index (χ4v) is 1.53. The summed E-state index contributed by atoms with van der Waals surface area (Å²) in [6.07, 6.45) is 0. The van der Waals surface area contributed by atoms with Crippen LogP contribution >= 0.6 is 0 Å². The van der Waals surface area contributed by atoms with Crippen LogP contribution in [0, 0.1) is 17.1 Å². The Morgan fingerprint density at radius 2 is 2.26 bits per heavy atom. The van der Waals surface area contributed by atoms with E-state index in [1.807, 2.05) is 6.07 Å². The topological polar surface area (TPSA) is 71.1 Å². The average molecular weight is 261 g/mol. The lowest BCUT2D eigenvalue weighted by atomic mass is 10.2. The van der Waals surface area contributed by atoms with E-state index in [1.54, 1.807) is 25.3 Å². The predicted molar refractivity (Wildman–Crippen MR) is 67.0 cm³/mol. The summed E-state index contributed by atoms with van der Waals surface area (Å²) in [4.78, 5) is 3.97. The summed E-state index contributed by atoms with van der Waals surface area (Å²) in [5.74, 6) is -0.149. The lowest BCUT2D eigenvalue weighted by molar-refractivity contribution is 0.210. The highest BCUT2D eigenvalue weighted by Gasteiger charge is 2.16. The van der Waals surface area contributed by atoms with Crippen LogP contribution in [0.25, 0.3) is 11.5 Å². The maximum absolute atomic E-state index is 13.6. The van der Waals surface area contributed by atoms with Gasteiger partial charge < -0.3 is 14.5 Å². The van der Waals surface area contributed by atoms with E-state index >= 15 is 0 Å². The summed E-state index contributed by atoms with van der Waals surface area (Å²) < 4.78 is 23.9. The van der Waals surface area contributed by atoms with E-state index in [0.717, 1.165) is 0 Å². The van der Waals surface area contributed by atoms with Gasteiger partial charge in [0.2, 0.25) is 17.5 Å². The van der Waals surface area contributed by atoms with Gasteiger partial charge in [0.1, 0.15) is 11.9 Å². The van der Waals surface area contributed by atoms with Crippen molar-refractivity contribution in [2.45, 2.75) is 0 Å². The van der Waals surface area contributed by atoms with Crippen LogP contribution in [-0.2, 0) is 4.74 Å². The molecule has 0 bridgehead atoms. The van der Waals surface area contributed by atoms with Crippen LogP contribution in [0.1, 0.15) is 5.69 Å². The number of nitriles is 1. The molecule has 0 spiro atoms. The molecule has 1 heterocycles. The Kier molecular flexibility index (Phi) is 4.11. The second-order valence-electron chi connectivity index (χ2n) is 3.71. The number of anilines is 1. The molecule has 1 aromatic heterocycles. The summed E-state index contributed by atoms with van der Waals surface area (Å²) in [6, 6.07) is 8.00. The summed E-state index contributed by atoms with van der Waals surface area (Å²) in [5.41, 5.74) is 0.313. The lowest BCUT2D eigenvalue weighted by Crippen LogP contribution is -2.07. The third-order valence-corrected chi connectivity index (χ3v) is 2.43. The molecule has 0 aliphatic heterocycles. The molecular weight excluding hydrogens is 249 g/mol. The first-order valence-corrected chi connectivity index (χ1v) is 5.65. The number of oxazole rings is 1. The molecule has 98 valence electrons. The minimum Gasteiger partial charge on any atom is -0.419 e. The molecule has 0 saturated carbocycles. The van der Waals surface area contributed by atoms with E-state index < -0.39 is 5.82 Å². The number of halogens is 1. The molecule has 0 aliphatic carbocycles. The van der Waals surface area contributed by atoms with Crippen LogP contribution in [0.4, 0.5) is 10.3 Å². The maximum atomic E-state index is 13.6. The number of nitrogens with zero attached hydrogens (tertiary/aromatic N) is 2. The largest absolute Gasteiger partial charge is 0.419 e. The van der Waals surface area contributed by atoms with Crippen LogP contribution in [0.15, 0.2) is 28.7 Å². The number of benzene rings is 1. The molecule has 5 nitrogen and oxygen atoms in total. The highest BCUT2D eigenvalue weighted by Crippen LogP contribution is 2.26. The van der Waals surface area contributed by atoms with Crippen molar-refractivity contribution in [3.63, 3.8) is 0 Å². The molecule has 1 N–H and O–H groups in total. The minimum atomic E-state index is -0.448. The molecule has 0 unspecified atom stereocenters. The first kappa shape index (κ1) is 13.1. The van der Waals surface area contributed by atoms with E-state index in [0.29, 0.717) is 13.2 Å². The van der Waals surface area contributed by atoms with Crippen LogP contribution in [0.5, 0.6) is 0 Å². The van der Waals surface area contributed by atoms with Gasteiger partial charge in [-0.2, -0.15) is 10.2 Å². The molecule has 2 aromatic rings. The van der Waals surface area contributed by atoms with Crippen LogP contribution in [0.3, 0.4) is 0 Å². The first-order chi connectivity index (χ1) is 9.26. The van der Waals surface area contributed by atoms with Gasteiger partial charge in [0.15, 0.2) is 0 Å². The Hall–Kier alpha value is -2.39. The fourth-order valence-electron chi connectivity index (χ4n) is 1.53. The van der Waals surface area contributed by atoms with Gasteiger partial charge in [0.05, 0.1) is 12.2 Å². The third kappa shape index (κ3) is 2.89. The molecule has 0 aliphatic rings. The number of rotatable bonds is 5. The molecular formula is C13H12FN3O2. The van der Waals surface area contributed by atoms with Gasteiger partial charge in [-0.3, -0.25) is 0 Å². The van der Waals surface area contributed by atoms with Gasteiger partial charge in [-0.25, -0.2) is 4.39 Å². The van der Waals surface area contributed by atoms with Crippen molar-refractivity contribution in [3.8, 4) is 17.5 Å². The monoisotopic (exact) mass is 261 g/mol. The second kappa shape index (κ2) is 5.98. The minimum absolute atomic E-state index is 0.0783. The lowest BCUT2D eigenvalue weighted by Gasteiger charge is -2.01. The number of hydrogen-bond acceptors (Lipinski definition) is 5. The van der Waals surface area contributed by atoms with Crippen LogP contribution < -0.4 is 5.32 Å². The van der Waals surface area contributed by atoms with E-state index in [4.69, 9.17) is 14.4 Å². The highest BCUT2D eigenvalue weighted by molar-refractivity contribution is 5.59. The number of nitrogens with one attached hydrogen (secondary N) is 1. The van der Waals surface area contributed by atoms with E-state index in [2.05, 4.69) is 10.3 Å². The van der Waals surface area contributed by atoms with E-state index in [1.165, 1.54) is 6.07 Å². The van der Waals surface area contributed by atoms with Crippen molar-refractivity contribution in [2.24, 2.45) is 0 Å². The quantitative estimate of drug-likeness (QED) is 0.837. The van der Waals surface area contributed by atoms with Crippen molar-refractivity contribution in [3.05, 3.63) is 35.8 Å². The van der Waals surface area contributed by atoms with Gasteiger partial charge in [-0.15, -0.1) is 0 Å². The molecule has 0 amide bonds. The Balaban J connectivity index is 2.29. The zero-order valence-electron chi connectivity index (χ0n) is 10.3. The summed E-state index contributed by atoms with van der Waals surface area (Å²) in [7, 11) is 1.57. The molecule has 2 rings (SSSR count). The SMILES string of the molecule is COCCNc1oc(-c2ccccc2F)nc1C#N. The summed E-state index contributed by atoms with van der Waals surface area (Å²) in [5, 5.41) is 11.8. The van der Waals surface area contributed by atoms with Crippen LogP contribution in [0.2, 0.25) is 0 Å². The summed E-state index contributed by atoms with van der Waals surface area (Å²) in [6.45, 7) is 0.928. The Labute approximate surface area is 109 Å². The Morgan fingerprint density at radius 1 is 1.47 bits per heavy atom. The normalized spacial score (nSPS) is 10.2. The van der Waals surface area contributed by atoms with Crippen molar-refractivity contribution >= 4 is 5.88 Å². The number of methoxy groups -OCH3 is 1. The Morgan fingerprint density at radius 3 is 2.95 bits per heavy atom. The molecule has 0 saturated heterocycles. The van der Waals surface area contributed by atoms with Crippen molar-refractivity contribution in [1.82, 2.24) is 4.98 Å². The molecule has 1 aromatic carbocycles. The molecule has 19 heavy (non-hydrogen) atoms. The number of hydrogen-bond donors (Lipinski definition) is 1. The molecule has 0 radical (unpaired) electrons. The zero-order chi connectivity index (χ0) is 13.7. The number of aromatic nitrogens is 1. The zero-order valence-corrected chi connectivity index (χ0v) is 10.3. The van der Waals surface area contributed by atoms with Crippen molar-refractivity contribution in [1.29, 1.82) is 5.26 Å². The first-order valence-electron chi connectivity index (χ1n) is 5.65. The molecule has 6 heteroatoms. The van der Waals surface area contributed by atoms with E-state index in [-0.39, 0.29) is 23.0 Å². The van der Waals surface area contributed by atoms with Gasteiger partial charge in [0.25, 0.3) is 0 Å². The van der Waals surface area contributed by atoms with Gasteiger partial charge in [0, 0.05) is 13.7 Å². The highest BCUT2D eigenvalue weighted by atomic mass is 19.1. The molecule has 0 fully saturated rings. The summed E-state index contributed by atoms with van der Waals surface area (Å²) >= 11 is 0. The van der Waals surface area contributed by atoms with Gasteiger partial charge in [-0.05, 0) is 12.1 Å². The van der Waals surface area contributed by atoms with Gasteiger partial charge >= 0.3 is 0 Å². The average Bonchev–Trinajstić information content (AvgIpc) is 2.83. The maximum Gasteiger partial charge on any atom is 0.233 e. The van der Waals surface area contributed by atoms with Crippen molar-refractivity contribution < 1.29 is 13.5 Å². The fraction of sp³-hybridized carbons (Fsp3) is 0.231. The standard InChI is InChI=1S/C13H12FN3O2/c1-18-7-6-16-13-11(8-15)17-12(19-13)9-4-2-3-5-10(9)14/h2-5,16H,6-7H2,1H3. The van der Waals surface area contributed by atoms with Gasteiger partial charge in [-0.1, -0.05) is 12.1 Å². The number of ether oxygens (including phenoxy) is 1.